The molecular weight excluding hydrogens is 122 g/mol. The lowest BCUT2D eigenvalue weighted by Crippen LogP contribution is -1.89. The fraction of sp³-hybridized carbons (Fsp3) is 0.222. The second kappa shape index (κ2) is 2.74. The molecule has 0 fully saturated rings. The predicted molar refractivity (Wildman–Crippen MR) is 44.5 cm³/mol. The van der Waals surface area contributed by atoms with Gasteiger partial charge in [0.1, 0.15) is 0 Å². The normalized spacial score (nSPS) is 10.3. The van der Waals surface area contributed by atoms with Crippen LogP contribution < -0.4 is 5.73 Å². The van der Waals surface area contributed by atoms with Crippen molar-refractivity contribution in [2.45, 2.75) is 13.8 Å². The van der Waals surface area contributed by atoms with Gasteiger partial charge in [0.2, 0.25) is 0 Å². The summed E-state index contributed by atoms with van der Waals surface area (Å²) < 4.78 is 0. The van der Waals surface area contributed by atoms with E-state index in [1.807, 2.05) is 24.3 Å². The molecule has 1 radical (unpaired) electrons. The van der Waals surface area contributed by atoms with Crippen LogP contribution in [-0.2, 0) is 0 Å². The Morgan fingerprint density at radius 3 is 2.00 bits per heavy atom. The van der Waals surface area contributed by atoms with Crippen molar-refractivity contribution in [1.29, 1.82) is 0 Å². The quantitative estimate of drug-likeness (QED) is 0.585. The number of rotatable bonds is 1. The molecule has 1 aromatic carbocycles. The molecule has 0 unspecified atom stereocenters. The summed E-state index contributed by atoms with van der Waals surface area (Å²) in [5.41, 5.74) is 7.60. The van der Waals surface area contributed by atoms with Crippen molar-refractivity contribution < 1.29 is 0 Å². The third-order valence-corrected chi connectivity index (χ3v) is 1.49. The molecule has 0 saturated heterocycles. The molecule has 1 heteroatoms. The van der Waals surface area contributed by atoms with Gasteiger partial charge in [-0.3, -0.25) is 0 Å². The number of hydrogen-bond donors (Lipinski definition) is 1. The third-order valence-electron chi connectivity index (χ3n) is 1.49. The van der Waals surface area contributed by atoms with E-state index in [9.17, 15) is 0 Å². The Morgan fingerprint density at radius 1 is 1.10 bits per heavy atom. The standard InChI is InChI=1S/C9H12N/c1-7(2)8-3-5-9(10)6-4-8/h3-6H,10H2,1-2H3. The highest BCUT2D eigenvalue weighted by Gasteiger charge is 1.96. The molecule has 0 aromatic heterocycles. The minimum Gasteiger partial charge on any atom is -0.399 e. The monoisotopic (exact) mass is 134 g/mol. The molecule has 0 aliphatic carbocycles. The van der Waals surface area contributed by atoms with Crippen LogP contribution in [0.5, 0.6) is 0 Å². The molecule has 0 spiro atoms. The van der Waals surface area contributed by atoms with E-state index in [1.54, 1.807) is 0 Å². The first-order valence-electron chi connectivity index (χ1n) is 3.36. The molecule has 0 saturated carbocycles. The number of nitrogen functional groups attached to an aromatic ring is 1. The number of benzene rings is 1. The average Bonchev–Trinajstić information content (AvgIpc) is 1.88. The van der Waals surface area contributed by atoms with E-state index in [2.05, 4.69) is 13.8 Å². The molecule has 0 aliphatic rings. The molecule has 0 atom stereocenters. The number of anilines is 1. The largest absolute Gasteiger partial charge is 0.399 e. The molecule has 2 N–H and O–H groups in total. The van der Waals surface area contributed by atoms with Crippen molar-refractivity contribution in [2.75, 3.05) is 5.73 Å². The lowest BCUT2D eigenvalue weighted by Gasteiger charge is -2.02. The zero-order chi connectivity index (χ0) is 7.56. The van der Waals surface area contributed by atoms with E-state index in [4.69, 9.17) is 5.73 Å². The smallest absolute Gasteiger partial charge is 0.0314 e. The highest BCUT2D eigenvalue weighted by atomic mass is 14.5. The molecule has 1 rings (SSSR count). The lowest BCUT2D eigenvalue weighted by molar-refractivity contribution is 1.15. The van der Waals surface area contributed by atoms with E-state index in [0.717, 1.165) is 5.69 Å². The second-order valence-electron chi connectivity index (χ2n) is 2.62. The second-order valence-corrected chi connectivity index (χ2v) is 2.62. The van der Waals surface area contributed by atoms with Gasteiger partial charge in [0.05, 0.1) is 0 Å². The van der Waals surface area contributed by atoms with Crippen LogP contribution >= 0.6 is 0 Å². The maximum Gasteiger partial charge on any atom is 0.0314 e. The lowest BCUT2D eigenvalue weighted by atomic mass is 10.0. The van der Waals surface area contributed by atoms with Crippen LogP contribution in [0.2, 0.25) is 0 Å². The van der Waals surface area contributed by atoms with Crippen molar-refractivity contribution in [3.63, 3.8) is 0 Å². The van der Waals surface area contributed by atoms with Crippen molar-refractivity contribution in [3.8, 4) is 0 Å². The van der Waals surface area contributed by atoms with Crippen molar-refractivity contribution in [2.24, 2.45) is 0 Å². The Morgan fingerprint density at radius 2 is 1.60 bits per heavy atom. The summed E-state index contributed by atoms with van der Waals surface area (Å²) >= 11 is 0. The zero-order valence-corrected chi connectivity index (χ0v) is 6.39. The molecule has 0 heterocycles. The fourth-order valence-electron chi connectivity index (χ4n) is 0.816. The highest BCUT2D eigenvalue weighted by molar-refractivity contribution is 5.42. The minimum absolute atomic E-state index is 0.824. The molecular formula is C9H12N. The maximum atomic E-state index is 5.52. The van der Waals surface area contributed by atoms with Gasteiger partial charge in [-0.05, 0) is 23.6 Å². The van der Waals surface area contributed by atoms with E-state index in [-0.39, 0.29) is 0 Å². The minimum atomic E-state index is 0.824. The van der Waals surface area contributed by atoms with Gasteiger partial charge in [-0.1, -0.05) is 26.0 Å². The maximum absolute atomic E-state index is 5.52. The van der Waals surface area contributed by atoms with Crippen LogP contribution in [0.15, 0.2) is 24.3 Å². The summed E-state index contributed by atoms with van der Waals surface area (Å²) in [4.78, 5) is 0. The summed E-state index contributed by atoms with van der Waals surface area (Å²) in [6.07, 6.45) is 0. The first kappa shape index (κ1) is 7.13. The van der Waals surface area contributed by atoms with Gasteiger partial charge in [-0.25, -0.2) is 0 Å². The molecule has 53 valence electrons. The average molecular weight is 134 g/mol. The summed E-state index contributed by atoms with van der Waals surface area (Å²) in [6.45, 7) is 4.18. The first-order valence-corrected chi connectivity index (χ1v) is 3.36. The van der Waals surface area contributed by atoms with E-state index < -0.39 is 0 Å². The van der Waals surface area contributed by atoms with Gasteiger partial charge < -0.3 is 5.73 Å². The van der Waals surface area contributed by atoms with E-state index >= 15 is 0 Å². The molecule has 1 nitrogen and oxygen atoms in total. The number of hydrogen-bond acceptors (Lipinski definition) is 1. The van der Waals surface area contributed by atoms with Crippen LogP contribution in [-0.4, -0.2) is 0 Å². The SMILES string of the molecule is C[C](C)c1ccc(N)cc1. The third kappa shape index (κ3) is 1.50. The van der Waals surface area contributed by atoms with Crippen LogP contribution in [0.4, 0.5) is 5.69 Å². The Kier molecular flexibility index (Phi) is 1.95. The van der Waals surface area contributed by atoms with Crippen LogP contribution in [0.1, 0.15) is 19.4 Å². The summed E-state index contributed by atoms with van der Waals surface area (Å²) in [6, 6.07) is 7.90. The van der Waals surface area contributed by atoms with Crippen molar-refractivity contribution in [1.82, 2.24) is 0 Å². The summed E-state index contributed by atoms with van der Waals surface area (Å²) in [7, 11) is 0. The number of nitrogens with two attached hydrogens (primary N) is 1. The summed E-state index contributed by atoms with van der Waals surface area (Å²) in [5, 5.41) is 0. The van der Waals surface area contributed by atoms with Crippen LogP contribution in [0, 0.1) is 5.92 Å². The summed E-state index contributed by atoms with van der Waals surface area (Å²) in [5.74, 6) is 1.32. The van der Waals surface area contributed by atoms with Crippen LogP contribution in [0.25, 0.3) is 0 Å². The Bertz CT molecular complexity index is 198. The molecule has 0 bridgehead atoms. The predicted octanol–water partition coefficient (Wildman–Crippen LogP) is 2.23. The van der Waals surface area contributed by atoms with Gasteiger partial charge >= 0.3 is 0 Å². The topological polar surface area (TPSA) is 26.0 Å². The van der Waals surface area contributed by atoms with Crippen molar-refractivity contribution in [3.05, 3.63) is 35.7 Å². The molecule has 10 heavy (non-hydrogen) atoms. The van der Waals surface area contributed by atoms with Gasteiger partial charge in [-0.2, -0.15) is 0 Å². The van der Waals surface area contributed by atoms with Gasteiger partial charge in [0, 0.05) is 5.69 Å². The Balaban J connectivity index is 2.89. The molecule has 0 amide bonds. The Labute approximate surface area is 61.9 Å². The van der Waals surface area contributed by atoms with Crippen molar-refractivity contribution >= 4 is 5.69 Å². The van der Waals surface area contributed by atoms with Gasteiger partial charge in [0.15, 0.2) is 0 Å². The van der Waals surface area contributed by atoms with E-state index in [0.29, 0.717) is 0 Å². The van der Waals surface area contributed by atoms with E-state index in [1.165, 1.54) is 11.5 Å². The fourth-order valence-corrected chi connectivity index (χ4v) is 0.816. The Hall–Kier alpha value is -0.980. The van der Waals surface area contributed by atoms with Gasteiger partial charge in [0.25, 0.3) is 0 Å². The molecule has 0 aliphatic heterocycles. The highest BCUT2D eigenvalue weighted by Crippen LogP contribution is 2.13. The van der Waals surface area contributed by atoms with Crippen LogP contribution in [0.3, 0.4) is 0 Å². The zero-order valence-electron chi connectivity index (χ0n) is 6.39. The van der Waals surface area contributed by atoms with Gasteiger partial charge in [-0.15, -0.1) is 0 Å². The first-order chi connectivity index (χ1) is 4.70. The molecule has 1 aromatic rings.